The number of allylic oxidation sites excluding steroid dienone is 2. The smallest absolute Gasteiger partial charge is 0.101 e. The van der Waals surface area contributed by atoms with E-state index >= 15 is 0 Å². The Labute approximate surface area is 337 Å². The zero-order valence-electron chi connectivity index (χ0n) is 31.5. The molecule has 0 amide bonds. The third kappa shape index (κ3) is 5.72. The summed E-state index contributed by atoms with van der Waals surface area (Å²) in [5, 5.41) is 30.5. The Hall–Kier alpha value is -8.04. The molecule has 0 heterocycles. The van der Waals surface area contributed by atoms with Crippen LogP contribution in [0.5, 0.6) is 0 Å². The minimum absolute atomic E-state index is 0.342. The van der Waals surface area contributed by atoms with Crippen LogP contribution in [-0.4, -0.2) is 0 Å². The summed E-state index contributed by atoms with van der Waals surface area (Å²) in [4.78, 5) is 0. The summed E-state index contributed by atoms with van der Waals surface area (Å²) >= 11 is 0. The molecule has 2 nitrogen and oxygen atoms in total. The average Bonchev–Trinajstić information content (AvgIpc) is 3.30. The summed E-state index contributed by atoms with van der Waals surface area (Å²) in [6.07, 6.45) is 0. The van der Waals surface area contributed by atoms with Crippen LogP contribution in [0.2, 0.25) is 0 Å². The number of benzene rings is 10. The highest BCUT2D eigenvalue weighted by Gasteiger charge is 2.22. The topological polar surface area (TPSA) is 47.6 Å². The van der Waals surface area contributed by atoms with E-state index in [0.29, 0.717) is 22.3 Å². The van der Waals surface area contributed by atoms with Crippen LogP contribution < -0.4 is 0 Å². The highest BCUT2D eigenvalue weighted by molar-refractivity contribution is 6.24. The minimum atomic E-state index is 0.342. The summed E-state index contributed by atoms with van der Waals surface area (Å²) < 4.78 is 0. The van der Waals surface area contributed by atoms with Crippen molar-refractivity contribution >= 4 is 54.2 Å². The van der Waals surface area contributed by atoms with Gasteiger partial charge in [0.15, 0.2) is 0 Å². The number of fused-ring (bicyclic) bond motifs is 6. The molecule has 268 valence electrons. The number of rotatable bonds is 6. The monoisotopic (exact) mass is 734 g/mol. The molecule has 0 unspecified atom stereocenters. The van der Waals surface area contributed by atoms with Crippen molar-refractivity contribution in [3.8, 4) is 56.6 Å². The number of nitriles is 2. The number of nitrogens with zero attached hydrogens (tertiary/aromatic N) is 2. The molecule has 0 aliphatic heterocycles. The highest BCUT2D eigenvalue weighted by Crippen LogP contribution is 2.47. The predicted octanol–water partition coefficient (Wildman–Crippen LogP) is 14.9. The molecule has 10 rings (SSSR count). The van der Waals surface area contributed by atoms with Gasteiger partial charge in [0.05, 0.1) is 11.1 Å². The summed E-state index contributed by atoms with van der Waals surface area (Å²) in [7, 11) is 0. The largest absolute Gasteiger partial charge is 0.192 e. The van der Waals surface area contributed by atoms with Crippen molar-refractivity contribution in [2.75, 3.05) is 0 Å². The van der Waals surface area contributed by atoms with Crippen LogP contribution in [0.25, 0.3) is 98.7 Å². The first-order chi connectivity index (χ1) is 28.7. The lowest BCUT2D eigenvalue weighted by Gasteiger charge is -2.20. The van der Waals surface area contributed by atoms with Crippen LogP contribution in [0.15, 0.2) is 206 Å². The van der Waals surface area contributed by atoms with E-state index in [4.69, 9.17) is 0 Å². The van der Waals surface area contributed by atoms with Crippen LogP contribution in [0.1, 0.15) is 11.1 Å². The zero-order chi connectivity index (χ0) is 39.0. The van der Waals surface area contributed by atoms with Crippen LogP contribution in [0, 0.1) is 22.7 Å². The lowest BCUT2D eigenvalue weighted by Crippen LogP contribution is -1.95. The molecule has 58 heavy (non-hydrogen) atoms. The third-order valence-corrected chi connectivity index (χ3v) is 11.4. The van der Waals surface area contributed by atoms with Gasteiger partial charge in [-0.15, -0.1) is 0 Å². The van der Waals surface area contributed by atoms with Crippen molar-refractivity contribution in [2.24, 2.45) is 0 Å². The van der Waals surface area contributed by atoms with Gasteiger partial charge in [-0.25, -0.2) is 0 Å². The Kier molecular flexibility index (Phi) is 8.65. The van der Waals surface area contributed by atoms with Gasteiger partial charge >= 0.3 is 0 Å². The molecule has 0 radical (unpaired) electrons. The minimum Gasteiger partial charge on any atom is -0.192 e. The predicted molar refractivity (Wildman–Crippen MR) is 243 cm³/mol. The summed E-state index contributed by atoms with van der Waals surface area (Å²) in [5.41, 5.74) is 11.2. The fraction of sp³-hybridized carbons (Fsp3) is 0. The lowest BCUT2D eigenvalue weighted by molar-refractivity contribution is 1.50. The third-order valence-electron chi connectivity index (χ3n) is 11.4. The second-order valence-electron chi connectivity index (χ2n) is 14.5. The second-order valence-corrected chi connectivity index (χ2v) is 14.5. The van der Waals surface area contributed by atoms with Gasteiger partial charge in [0, 0.05) is 0 Å². The van der Waals surface area contributed by atoms with Crippen LogP contribution in [0.3, 0.4) is 0 Å². The first-order valence-corrected chi connectivity index (χ1v) is 19.5. The first kappa shape index (κ1) is 34.5. The molecule has 0 aliphatic carbocycles. The van der Waals surface area contributed by atoms with Gasteiger partial charge in [0.1, 0.15) is 12.1 Å². The molecule has 0 bridgehead atoms. The van der Waals surface area contributed by atoms with Gasteiger partial charge in [-0.1, -0.05) is 194 Å². The van der Waals surface area contributed by atoms with Gasteiger partial charge in [0.2, 0.25) is 0 Å². The second kappa shape index (κ2) is 14.6. The molecular formula is C56H34N2. The van der Waals surface area contributed by atoms with E-state index in [1.165, 1.54) is 11.1 Å². The molecule has 0 aromatic heterocycles. The van der Waals surface area contributed by atoms with Gasteiger partial charge < -0.3 is 0 Å². The van der Waals surface area contributed by atoms with Crippen molar-refractivity contribution in [1.82, 2.24) is 0 Å². The molecule has 0 N–H and O–H groups in total. The van der Waals surface area contributed by atoms with Crippen molar-refractivity contribution in [2.45, 2.75) is 0 Å². The normalized spacial score (nSPS) is 11.7. The van der Waals surface area contributed by atoms with Crippen LogP contribution in [-0.2, 0) is 0 Å². The molecule has 0 atom stereocenters. The fourth-order valence-corrected chi connectivity index (χ4v) is 8.84. The maximum absolute atomic E-state index is 10.9. The van der Waals surface area contributed by atoms with E-state index in [2.05, 4.69) is 182 Å². The molecule has 0 saturated heterocycles. The van der Waals surface area contributed by atoms with Crippen LogP contribution in [0.4, 0.5) is 0 Å². The quantitative estimate of drug-likeness (QED) is 0.0970. The maximum atomic E-state index is 10.9. The number of hydrogen-bond donors (Lipinski definition) is 0. The van der Waals surface area contributed by atoms with Gasteiger partial charge in [-0.05, 0) is 111 Å². The Balaban J connectivity index is 1.23. The van der Waals surface area contributed by atoms with Crippen LogP contribution >= 0.6 is 0 Å². The van der Waals surface area contributed by atoms with E-state index in [9.17, 15) is 10.5 Å². The molecule has 0 aliphatic rings. The van der Waals surface area contributed by atoms with Gasteiger partial charge in [-0.2, -0.15) is 10.5 Å². The molecule has 0 spiro atoms. The molecule has 10 aromatic carbocycles. The zero-order valence-corrected chi connectivity index (χ0v) is 31.5. The van der Waals surface area contributed by atoms with Crippen molar-refractivity contribution in [3.05, 3.63) is 217 Å². The molecule has 0 fully saturated rings. The summed E-state index contributed by atoms with van der Waals surface area (Å²) in [6.45, 7) is 0. The Morgan fingerprint density at radius 1 is 0.259 bits per heavy atom. The highest BCUT2D eigenvalue weighted by atomic mass is 14.3. The van der Waals surface area contributed by atoms with Crippen molar-refractivity contribution < 1.29 is 0 Å². The summed E-state index contributed by atoms with van der Waals surface area (Å²) in [6, 6.07) is 76.6. The molecule has 10 aromatic rings. The molecule has 2 heteroatoms. The van der Waals surface area contributed by atoms with E-state index in [1.807, 2.05) is 36.4 Å². The first-order valence-electron chi connectivity index (χ1n) is 19.5. The van der Waals surface area contributed by atoms with E-state index in [0.717, 1.165) is 76.5 Å². The van der Waals surface area contributed by atoms with Crippen molar-refractivity contribution in [3.63, 3.8) is 0 Å². The average molecular weight is 735 g/mol. The van der Waals surface area contributed by atoms with E-state index < -0.39 is 0 Å². The Morgan fingerprint density at radius 2 is 0.517 bits per heavy atom. The van der Waals surface area contributed by atoms with Gasteiger partial charge in [-0.3, -0.25) is 0 Å². The fourth-order valence-electron chi connectivity index (χ4n) is 8.84. The lowest BCUT2D eigenvalue weighted by atomic mass is 9.83. The standard InChI is InChI=1S/C56H34N2/c57-35-51(41-29-31-47-49(33-41)43-25-13-15-27-45(43)53(37-17-5-1-6-18-37)55(47)39-21-9-3-10-22-39)52(36-58)42-30-32-48-50(34-42)44-26-14-16-28-46(44)54(38-19-7-2-8-20-38)56(48)40-23-11-4-12-24-40/h1-34H/b52-51+. The Morgan fingerprint density at radius 3 is 0.810 bits per heavy atom. The summed E-state index contributed by atoms with van der Waals surface area (Å²) in [5.74, 6) is 0. The van der Waals surface area contributed by atoms with E-state index in [1.54, 1.807) is 0 Å². The Bertz CT molecular complexity index is 3090. The van der Waals surface area contributed by atoms with Gasteiger partial charge in [0.25, 0.3) is 0 Å². The maximum Gasteiger partial charge on any atom is 0.101 e. The van der Waals surface area contributed by atoms with Crippen molar-refractivity contribution in [1.29, 1.82) is 10.5 Å². The SMILES string of the molecule is N#C/C(=C(/C#N)c1ccc2c(-c3ccccc3)c(-c3ccccc3)c3ccccc3c2c1)c1ccc2c(-c3ccccc3)c(-c3ccccc3)c3ccccc3c2c1. The van der Waals surface area contributed by atoms with E-state index in [-0.39, 0.29) is 0 Å². The molecular weight excluding hydrogens is 701 g/mol. The number of hydrogen-bond acceptors (Lipinski definition) is 2. The molecule has 0 saturated carbocycles.